The van der Waals surface area contributed by atoms with E-state index in [1.54, 1.807) is 0 Å². The lowest BCUT2D eigenvalue weighted by atomic mass is 10.0. The molecule has 1 fully saturated rings. The van der Waals surface area contributed by atoms with E-state index >= 15 is 0 Å². The number of anilines is 2. The van der Waals surface area contributed by atoms with E-state index in [2.05, 4.69) is 17.1 Å². The van der Waals surface area contributed by atoms with Gasteiger partial charge in [0.05, 0.1) is 11.4 Å². The van der Waals surface area contributed by atoms with Crippen molar-refractivity contribution in [2.24, 2.45) is 5.92 Å². The first-order chi connectivity index (χ1) is 7.66. The molecule has 0 aromatic heterocycles. The van der Waals surface area contributed by atoms with Crippen molar-refractivity contribution in [3.8, 4) is 0 Å². The maximum absolute atomic E-state index is 13.6. The fourth-order valence-corrected chi connectivity index (χ4v) is 2.79. The average Bonchev–Trinajstić information content (AvgIpc) is 2.60. The molecule has 0 aliphatic carbocycles. The van der Waals surface area contributed by atoms with Gasteiger partial charge in [0, 0.05) is 25.2 Å². The molecule has 0 radical (unpaired) electrons. The van der Waals surface area contributed by atoms with Crippen molar-refractivity contribution >= 4 is 11.4 Å². The molecule has 1 N–H and O–H groups in total. The van der Waals surface area contributed by atoms with E-state index in [4.69, 9.17) is 0 Å². The number of nitrogens with one attached hydrogen (secondary N) is 1. The molecule has 2 heterocycles. The first kappa shape index (κ1) is 9.87. The first-order valence-electron chi connectivity index (χ1n) is 5.66. The molecule has 0 spiro atoms. The second kappa shape index (κ2) is 3.34. The summed E-state index contributed by atoms with van der Waals surface area (Å²) >= 11 is 0. The molecule has 2 aliphatic heterocycles. The summed E-state index contributed by atoms with van der Waals surface area (Å²) in [5.74, 6) is -0.418. The Morgan fingerprint density at radius 3 is 3.00 bits per heavy atom. The predicted molar refractivity (Wildman–Crippen MR) is 59.8 cm³/mol. The number of benzene rings is 1. The van der Waals surface area contributed by atoms with Gasteiger partial charge in [-0.3, -0.25) is 0 Å². The van der Waals surface area contributed by atoms with Crippen LogP contribution in [-0.4, -0.2) is 19.1 Å². The minimum atomic E-state index is -0.502. The zero-order valence-electron chi connectivity index (χ0n) is 9.13. The highest BCUT2D eigenvalue weighted by atomic mass is 19.1. The van der Waals surface area contributed by atoms with Gasteiger partial charge in [0.2, 0.25) is 0 Å². The van der Waals surface area contributed by atoms with Gasteiger partial charge in [-0.25, -0.2) is 8.78 Å². The number of hydrogen-bond donors (Lipinski definition) is 1. The van der Waals surface area contributed by atoms with Crippen molar-refractivity contribution in [1.82, 2.24) is 0 Å². The summed E-state index contributed by atoms with van der Waals surface area (Å²) in [5, 5.41) is 3.08. The van der Waals surface area contributed by atoms with Gasteiger partial charge in [-0.2, -0.15) is 0 Å². The Hall–Kier alpha value is -1.32. The fraction of sp³-hybridized carbons (Fsp3) is 0.500. The highest BCUT2D eigenvalue weighted by Gasteiger charge is 2.36. The van der Waals surface area contributed by atoms with Crippen molar-refractivity contribution in [1.29, 1.82) is 0 Å². The fourth-order valence-electron chi connectivity index (χ4n) is 2.79. The van der Waals surface area contributed by atoms with Crippen LogP contribution in [0.15, 0.2) is 12.1 Å². The summed E-state index contributed by atoms with van der Waals surface area (Å²) in [4.78, 5) is 2.13. The summed E-state index contributed by atoms with van der Waals surface area (Å²) < 4.78 is 26.8. The number of fused-ring (bicyclic) bond motifs is 3. The summed E-state index contributed by atoms with van der Waals surface area (Å²) in [6.07, 6.45) is 1.09. The monoisotopic (exact) mass is 224 g/mol. The largest absolute Gasteiger partial charge is 0.379 e. The van der Waals surface area contributed by atoms with E-state index in [1.807, 2.05) is 0 Å². The van der Waals surface area contributed by atoms with Crippen molar-refractivity contribution in [3.05, 3.63) is 23.8 Å². The van der Waals surface area contributed by atoms with Gasteiger partial charge >= 0.3 is 0 Å². The molecule has 2 nitrogen and oxygen atoms in total. The lowest BCUT2D eigenvalue weighted by Gasteiger charge is -2.36. The smallest absolute Gasteiger partial charge is 0.151 e. The molecule has 3 rings (SSSR count). The first-order valence-corrected chi connectivity index (χ1v) is 5.66. The third kappa shape index (κ3) is 1.29. The van der Waals surface area contributed by atoms with Crippen LogP contribution in [0.25, 0.3) is 0 Å². The lowest BCUT2D eigenvalue weighted by Crippen LogP contribution is -2.42. The molecule has 0 amide bonds. The number of halogens is 2. The van der Waals surface area contributed by atoms with Crippen LogP contribution in [0.3, 0.4) is 0 Å². The molecule has 2 unspecified atom stereocenters. The standard InChI is InChI=1S/C12H14F2N2/c1-7-2-3-16-10-5-8(13)4-9(14)12(10)15-6-11(7)16/h4-5,7,11,15H,2-3,6H2,1H3. The van der Waals surface area contributed by atoms with Gasteiger partial charge in [-0.05, 0) is 18.4 Å². The molecule has 1 saturated heterocycles. The summed E-state index contributed by atoms with van der Waals surface area (Å²) in [6, 6.07) is 2.73. The van der Waals surface area contributed by atoms with Crippen LogP contribution in [0.1, 0.15) is 13.3 Å². The summed E-state index contributed by atoms with van der Waals surface area (Å²) in [7, 11) is 0. The minimum Gasteiger partial charge on any atom is -0.379 e. The maximum Gasteiger partial charge on any atom is 0.151 e. The maximum atomic E-state index is 13.6. The van der Waals surface area contributed by atoms with Gasteiger partial charge in [-0.1, -0.05) is 6.92 Å². The molecule has 16 heavy (non-hydrogen) atoms. The molecule has 4 heteroatoms. The van der Waals surface area contributed by atoms with Crippen LogP contribution in [0, 0.1) is 17.6 Å². The molecular weight excluding hydrogens is 210 g/mol. The van der Waals surface area contributed by atoms with Gasteiger partial charge in [0.1, 0.15) is 5.82 Å². The van der Waals surface area contributed by atoms with E-state index in [-0.39, 0.29) is 0 Å². The summed E-state index contributed by atoms with van der Waals surface area (Å²) in [5.41, 5.74) is 1.13. The molecule has 1 aromatic carbocycles. The Morgan fingerprint density at radius 2 is 2.19 bits per heavy atom. The highest BCUT2D eigenvalue weighted by molar-refractivity contribution is 5.74. The van der Waals surface area contributed by atoms with Gasteiger partial charge in [0.25, 0.3) is 0 Å². The molecule has 2 aliphatic rings. The van der Waals surface area contributed by atoms with E-state index in [0.717, 1.165) is 25.6 Å². The van der Waals surface area contributed by atoms with Crippen LogP contribution in [-0.2, 0) is 0 Å². The van der Waals surface area contributed by atoms with E-state index in [0.29, 0.717) is 23.3 Å². The van der Waals surface area contributed by atoms with E-state index in [9.17, 15) is 8.78 Å². The zero-order chi connectivity index (χ0) is 11.3. The number of rotatable bonds is 0. The minimum absolute atomic E-state index is 0.369. The summed E-state index contributed by atoms with van der Waals surface area (Å²) in [6.45, 7) is 3.83. The van der Waals surface area contributed by atoms with Crippen molar-refractivity contribution in [2.45, 2.75) is 19.4 Å². The second-order valence-corrected chi connectivity index (χ2v) is 4.69. The third-order valence-electron chi connectivity index (χ3n) is 3.71. The topological polar surface area (TPSA) is 15.3 Å². The molecule has 1 aromatic rings. The van der Waals surface area contributed by atoms with Crippen LogP contribution >= 0.6 is 0 Å². The van der Waals surface area contributed by atoms with Crippen molar-refractivity contribution in [3.63, 3.8) is 0 Å². The third-order valence-corrected chi connectivity index (χ3v) is 3.71. The molecule has 0 saturated carbocycles. The Labute approximate surface area is 93.3 Å². The van der Waals surface area contributed by atoms with Crippen molar-refractivity contribution in [2.75, 3.05) is 23.3 Å². The average molecular weight is 224 g/mol. The van der Waals surface area contributed by atoms with E-state index < -0.39 is 11.6 Å². The molecule has 0 bridgehead atoms. The Balaban J connectivity index is 2.09. The lowest BCUT2D eigenvalue weighted by molar-refractivity contribution is 0.516. The zero-order valence-corrected chi connectivity index (χ0v) is 9.13. The van der Waals surface area contributed by atoms with Crippen LogP contribution < -0.4 is 10.2 Å². The Morgan fingerprint density at radius 1 is 1.38 bits per heavy atom. The molecule has 86 valence electrons. The van der Waals surface area contributed by atoms with Gasteiger partial charge in [0.15, 0.2) is 5.82 Å². The number of nitrogens with zero attached hydrogens (tertiary/aromatic N) is 1. The van der Waals surface area contributed by atoms with Crippen molar-refractivity contribution < 1.29 is 8.78 Å². The quantitative estimate of drug-likeness (QED) is 0.728. The number of hydrogen-bond acceptors (Lipinski definition) is 2. The predicted octanol–water partition coefficient (Wildman–Crippen LogP) is 2.61. The second-order valence-electron chi connectivity index (χ2n) is 4.69. The Bertz CT molecular complexity index is 433. The molecular formula is C12H14F2N2. The normalized spacial score (nSPS) is 27.3. The highest BCUT2D eigenvalue weighted by Crippen LogP contribution is 2.39. The van der Waals surface area contributed by atoms with E-state index in [1.165, 1.54) is 6.07 Å². The Kier molecular flexibility index (Phi) is 2.06. The van der Waals surface area contributed by atoms with Crippen LogP contribution in [0.2, 0.25) is 0 Å². The van der Waals surface area contributed by atoms with Gasteiger partial charge in [-0.15, -0.1) is 0 Å². The van der Waals surface area contributed by atoms with Crippen LogP contribution in [0.5, 0.6) is 0 Å². The van der Waals surface area contributed by atoms with Gasteiger partial charge < -0.3 is 10.2 Å². The van der Waals surface area contributed by atoms with Crippen LogP contribution in [0.4, 0.5) is 20.2 Å². The molecule has 2 atom stereocenters. The SMILES string of the molecule is CC1CCN2c3cc(F)cc(F)c3NCC12.